The summed E-state index contributed by atoms with van der Waals surface area (Å²) >= 11 is 1.39. The van der Waals surface area contributed by atoms with Crippen LogP contribution in [-0.2, 0) is 0 Å². The number of aromatic amines is 1. The van der Waals surface area contributed by atoms with E-state index >= 15 is 0 Å². The lowest BCUT2D eigenvalue weighted by Crippen LogP contribution is -2.15. The summed E-state index contributed by atoms with van der Waals surface area (Å²) in [5.74, 6) is -0.389. The molecule has 3 N–H and O–H groups in total. The van der Waals surface area contributed by atoms with E-state index in [-0.39, 0.29) is 11.2 Å². The number of nitrogens with zero attached hydrogens (tertiary/aromatic N) is 3. The van der Waals surface area contributed by atoms with E-state index in [4.69, 9.17) is 5.73 Å². The van der Waals surface area contributed by atoms with Crippen molar-refractivity contribution in [2.24, 2.45) is 5.73 Å². The quantitative estimate of drug-likeness (QED) is 0.595. The first-order valence-electron chi connectivity index (χ1n) is 7.07. The molecule has 1 aromatic carbocycles. The van der Waals surface area contributed by atoms with E-state index < -0.39 is 11.6 Å². The SMILES string of the molecule is NC(=O)c1nc(-c2ccccc2)nc2c1[nH]c(=O)n2-c1cccs1. The summed E-state index contributed by atoms with van der Waals surface area (Å²) in [4.78, 5) is 35.5. The van der Waals surface area contributed by atoms with E-state index in [2.05, 4.69) is 15.0 Å². The van der Waals surface area contributed by atoms with Crippen molar-refractivity contribution in [3.8, 4) is 16.4 Å². The Labute approximate surface area is 139 Å². The van der Waals surface area contributed by atoms with Gasteiger partial charge in [-0.1, -0.05) is 30.3 Å². The second-order valence-electron chi connectivity index (χ2n) is 5.04. The summed E-state index contributed by atoms with van der Waals surface area (Å²) in [6.07, 6.45) is 0. The van der Waals surface area contributed by atoms with Crippen molar-refractivity contribution >= 4 is 28.4 Å². The normalized spacial score (nSPS) is 11.0. The molecule has 4 rings (SSSR count). The molecule has 0 aliphatic rings. The number of thiophene rings is 1. The maximum Gasteiger partial charge on any atom is 0.333 e. The largest absolute Gasteiger partial charge is 0.364 e. The molecular formula is C16H11N5O2S. The average molecular weight is 337 g/mol. The first-order chi connectivity index (χ1) is 11.6. The third-order valence-electron chi connectivity index (χ3n) is 3.53. The third kappa shape index (κ3) is 2.20. The highest BCUT2D eigenvalue weighted by molar-refractivity contribution is 7.12. The van der Waals surface area contributed by atoms with Crippen LogP contribution in [0.2, 0.25) is 0 Å². The van der Waals surface area contributed by atoms with Gasteiger partial charge in [0.25, 0.3) is 5.91 Å². The van der Waals surface area contributed by atoms with Crippen LogP contribution in [0, 0.1) is 0 Å². The average Bonchev–Trinajstić information content (AvgIpc) is 3.21. The number of amides is 1. The molecule has 0 atom stereocenters. The number of fused-ring (bicyclic) bond motifs is 1. The Hall–Kier alpha value is -3.26. The van der Waals surface area contributed by atoms with E-state index in [1.54, 1.807) is 6.07 Å². The maximum absolute atomic E-state index is 12.4. The zero-order valence-corrected chi connectivity index (χ0v) is 13.1. The first-order valence-corrected chi connectivity index (χ1v) is 7.95. The molecule has 3 heterocycles. The zero-order valence-electron chi connectivity index (χ0n) is 12.3. The minimum atomic E-state index is -0.723. The fourth-order valence-corrected chi connectivity index (χ4v) is 3.21. The molecule has 0 fully saturated rings. The summed E-state index contributed by atoms with van der Waals surface area (Å²) in [5, 5.41) is 2.55. The summed E-state index contributed by atoms with van der Waals surface area (Å²) in [6, 6.07) is 12.8. The van der Waals surface area contributed by atoms with E-state index in [9.17, 15) is 9.59 Å². The molecule has 4 aromatic rings. The second-order valence-corrected chi connectivity index (χ2v) is 5.97. The molecule has 1 amide bonds. The van der Waals surface area contributed by atoms with Crippen LogP contribution < -0.4 is 11.4 Å². The van der Waals surface area contributed by atoms with Crippen LogP contribution in [0.5, 0.6) is 0 Å². The standard InChI is InChI=1S/C16H11N5O2S/c17-13(22)11-12-15(20-14(18-11)9-5-2-1-3-6-9)21(16(23)19-12)10-7-4-8-24-10/h1-8H,(H2,17,22)(H,19,23). The van der Waals surface area contributed by atoms with Crippen molar-refractivity contribution in [3.63, 3.8) is 0 Å². The van der Waals surface area contributed by atoms with Crippen molar-refractivity contribution in [1.82, 2.24) is 19.5 Å². The third-order valence-corrected chi connectivity index (χ3v) is 4.38. The number of nitrogens with one attached hydrogen (secondary N) is 1. The monoisotopic (exact) mass is 337 g/mol. The molecule has 0 unspecified atom stereocenters. The highest BCUT2D eigenvalue weighted by Gasteiger charge is 2.20. The highest BCUT2D eigenvalue weighted by Crippen LogP contribution is 2.23. The van der Waals surface area contributed by atoms with Crippen molar-refractivity contribution < 1.29 is 4.79 Å². The molecule has 8 heteroatoms. The van der Waals surface area contributed by atoms with E-state index in [1.807, 2.05) is 41.8 Å². The van der Waals surface area contributed by atoms with Crippen molar-refractivity contribution in [1.29, 1.82) is 0 Å². The fraction of sp³-hybridized carbons (Fsp3) is 0. The molecule has 0 saturated heterocycles. The Morgan fingerprint density at radius 3 is 2.58 bits per heavy atom. The Morgan fingerprint density at radius 2 is 1.92 bits per heavy atom. The summed E-state index contributed by atoms with van der Waals surface area (Å²) < 4.78 is 1.42. The Balaban J connectivity index is 2.10. The van der Waals surface area contributed by atoms with Gasteiger partial charge in [0.15, 0.2) is 17.2 Å². The topological polar surface area (TPSA) is 107 Å². The number of benzene rings is 1. The fourth-order valence-electron chi connectivity index (χ4n) is 2.48. The lowest BCUT2D eigenvalue weighted by Gasteiger charge is -2.05. The number of aromatic nitrogens is 4. The predicted molar refractivity (Wildman–Crippen MR) is 91.3 cm³/mol. The van der Waals surface area contributed by atoms with Crippen LogP contribution in [0.1, 0.15) is 10.5 Å². The minimum absolute atomic E-state index is 0.00809. The molecule has 0 aliphatic carbocycles. The van der Waals surface area contributed by atoms with E-state index in [0.29, 0.717) is 16.5 Å². The van der Waals surface area contributed by atoms with Crippen LogP contribution in [0.15, 0.2) is 52.6 Å². The molecule has 118 valence electrons. The Bertz CT molecular complexity index is 1100. The van der Waals surface area contributed by atoms with Gasteiger partial charge >= 0.3 is 5.69 Å². The van der Waals surface area contributed by atoms with Gasteiger partial charge in [-0.05, 0) is 17.5 Å². The molecular weight excluding hydrogens is 326 g/mol. The summed E-state index contributed by atoms with van der Waals surface area (Å²) in [5.41, 5.74) is 6.34. The number of carbonyl (C=O) groups is 1. The number of carbonyl (C=O) groups excluding carboxylic acids is 1. The van der Waals surface area contributed by atoms with Gasteiger partial charge in [-0.15, -0.1) is 11.3 Å². The second kappa shape index (κ2) is 5.43. The summed E-state index contributed by atoms with van der Waals surface area (Å²) in [7, 11) is 0. The molecule has 24 heavy (non-hydrogen) atoms. The number of primary amides is 1. The minimum Gasteiger partial charge on any atom is -0.364 e. The molecule has 0 aliphatic heterocycles. The van der Waals surface area contributed by atoms with Gasteiger partial charge in [-0.25, -0.2) is 19.3 Å². The molecule has 7 nitrogen and oxygen atoms in total. The van der Waals surface area contributed by atoms with Crippen LogP contribution in [0.25, 0.3) is 27.6 Å². The maximum atomic E-state index is 12.4. The van der Waals surface area contributed by atoms with E-state index in [0.717, 1.165) is 5.56 Å². The highest BCUT2D eigenvalue weighted by atomic mass is 32.1. The number of H-pyrrole nitrogens is 1. The van der Waals surface area contributed by atoms with Gasteiger partial charge in [0.2, 0.25) is 0 Å². The number of hydrogen-bond donors (Lipinski definition) is 2. The van der Waals surface area contributed by atoms with Crippen LogP contribution in [0.3, 0.4) is 0 Å². The molecule has 0 spiro atoms. The Morgan fingerprint density at radius 1 is 1.12 bits per heavy atom. The number of hydrogen-bond acceptors (Lipinski definition) is 5. The van der Waals surface area contributed by atoms with Gasteiger partial charge in [-0.2, -0.15) is 0 Å². The summed E-state index contributed by atoms with van der Waals surface area (Å²) in [6.45, 7) is 0. The molecule has 0 radical (unpaired) electrons. The van der Waals surface area contributed by atoms with Gasteiger partial charge in [0.05, 0.1) is 0 Å². The smallest absolute Gasteiger partial charge is 0.333 e. The lowest BCUT2D eigenvalue weighted by molar-refractivity contribution is 0.0997. The van der Waals surface area contributed by atoms with Crippen molar-refractivity contribution in [2.45, 2.75) is 0 Å². The predicted octanol–water partition coefficient (Wildman–Crippen LogP) is 1.94. The molecule has 3 aromatic heterocycles. The number of rotatable bonds is 3. The van der Waals surface area contributed by atoms with Crippen molar-refractivity contribution in [3.05, 3.63) is 64.0 Å². The van der Waals surface area contributed by atoms with Gasteiger partial charge < -0.3 is 10.7 Å². The van der Waals surface area contributed by atoms with Crippen LogP contribution in [-0.4, -0.2) is 25.4 Å². The lowest BCUT2D eigenvalue weighted by atomic mass is 10.2. The van der Waals surface area contributed by atoms with Crippen molar-refractivity contribution in [2.75, 3.05) is 0 Å². The van der Waals surface area contributed by atoms with Crippen LogP contribution >= 0.6 is 11.3 Å². The Kier molecular flexibility index (Phi) is 3.24. The van der Waals surface area contributed by atoms with Crippen LogP contribution in [0.4, 0.5) is 0 Å². The molecule has 0 saturated carbocycles. The van der Waals surface area contributed by atoms with Gasteiger partial charge in [-0.3, -0.25) is 4.79 Å². The van der Waals surface area contributed by atoms with Gasteiger partial charge in [0, 0.05) is 5.56 Å². The zero-order chi connectivity index (χ0) is 16.7. The number of imidazole rings is 1. The first kappa shape index (κ1) is 14.3. The van der Waals surface area contributed by atoms with E-state index in [1.165, 1.54) is 15.9 Å². The van der Waals surface area contributed by atoms with Gasteiger partial charge in [0.1, 0.15) is 10.5 Å². The number of nitrogens with two attached hydrogens (primary N) is 1. The molecule has 0 bridgehead atoms.